The van der Waals surface area contributed by atoms with Crippen LogP contribution >= 0.6 is 24.8 Å². The van der Waals surface area contributed by atoms with Gasteiger partial charge in [-0.1, -0.05) is 0 Å². The molecule has 7 heteroatoms. The molecular formula is C14H22Cl2N4O. The second-order valence-corrected chi connectivity index (χ2v) is 5.57. The van der Waals surface area contributed by atoms with Crippen LogP contribution in [0.5, 0.6) is 0 Å². The smallest absolute Gasteiger partial charge is 0.272 e. The summed E-state index contributed by atoms with van der Waals surface area (Å²) in [6.07, 6.45) is 3.99. The van der Waals surface area contributed by atoms with Gasteiger partial charge in [-0.25, -0.2) is 4.98 Å². The van der Waals surface area contributed by atoms with Crippen molar-refractivity contribution in [3.8, 4) is 0 Å². The van der Waals surface area contributed by atoms with Crippen LogP contribution in [-0.2, 0) is 0 Å². The predicted octanol–water partition coefficient (Wildman–Crippen LogP) is 1.82. The summed E-state index contributed by atoms with van der Waals surface area (Å²) < 4.78 is 0. The molecule has 0 bridgehead atoms. The highest BCUT2D eigenvalue weighted by Gasteiger charge is 2.36. The van der Waals surface area contributed by atoms with Crippen molar-refractivity contribution in [2.45, 2.75) is 31.8 Å². The fourth-order valence-corrected chi connectivity index (χ4v) is 3.15. The fourth-order valence-electron chi connectivity index (χ4n) is 3.15. The molecule has 2 saturated heterocycles. The van der Waals surface area contributed by atoms with E-state index in [1.807, 2.05) is 4.90 Å². The maximum absolute atomic E-state index is 12.5. The first kappa shape index (κ1) is 18.0. The van der Waals surface area contributed by atoms with Crippen molar-refractivity contribution in [1.29, 1.82) is 0 Å². The molecule has 21 heavy (non-hydrogen) atoms. The SMILES string of the molecule is CC1CN2CCCC2CN1C(=O)c1ccc(N)cn1.Cl.Cl. The van der Waals surface area contributed by atoms with E-state index >= 15 is 0 Å². The van der Waals surface area contributed by atoms with E-state index in [1.165, 1.54) is 19.4 Å². The third-order valence-electron chi connectivity index (χ3n) is 4.20. The van der Waals surface area contributed by atoms with Gasteiger partial charge in [-0.3, -0.25) is 9.69 Å². The Morgan fingerprint density at radius 1 is 1.33 bits per heavy atom. The van der Waals surface area contributed by atoms with Crippen LogP contribution in [-0.4, -0.2) is 52.4 Å². The van der Waals surface area contributed by atoms with E-state index in [9.17, 15) is 4.79 Å². The van der Waals surface area contributed by atoms with Crippen LogP contribution in [0.1, 0.15) is 30.3 Å². The second kappa shape index (κ2) is 7.29. The van der Waals surface area contributed by atoms with E-state index < -0.39 is 0 Å². The number of nitrogens with two attached hydrogens (primary N) is 1. The quantitative estimate of drug-likeness (QED) is 0.852. The summed E-state index contributed by atoms with van der Waals surface area (Å²) in [6.45, 7) is 5.10. The van der Waals surface area contributed by atoms with E-state index in [0.29, 0.717) is 17.4 Å². The Bertz CT molecular complexity index is 482. The Kier molecular flexibility index (Phi) is 6.25. The fraction of sp³-hybridized carbons (Fsp3) is 0.571. The summed E-state index contributed by atoms with van der Waals surface area (Å²) in [5, 5.41) is 0. The lowest BCUT2D eigenvalue weighted by molar-refractivity contribution is 0.0390. The maximum atomic E-state index is 12.5. The van der Waals surface area contributed by atoms with E-state index in [0.717, 1.165) is 13.1 Å². The van der Waals surface area contributed by atoms with Gasteiger partial charge >= 0.3 is 0 Å². The topological polar surface area (TPSA) is 62.5 Å². The van der Waals surface area contributed by atoms with Crippen molar-refractivity contribution in [2.75, 3.05) is 25.4 Å². The zero-order valence-corrected chi connectivity index (χ0v) is 13.7. The number of aromatic nitrogens is 1. The molecule has 0 spiro atoms. The molecule has 2 atom stereocenters. The number of carbonyl (C=O) groups excluding carboxylic acids is 1. The zero-order chi connectivity index (χ0) is 13.4. The van der Waals surface area contributed by atoms with E-state index in [-0.39, 0.29) is 36.8 Å². The number of hydrogen-bond acceptors (Lipinski definition) is 4. The Labute approximate surface area is 137 Å². The normalized spacial score (nSPS) is 24.7. The average Bonchev–Trinajstić information content (AvgIpc) is 2.85. The number of piperazine rings is 1. The molecule has 2 N–H and O–H groups in total. The van der Waals surface area contributed by atoms with Crippen LogP contribution in [0.2, 0.25) is 0 Å². The van der Waals surface area contributed by atoms with Gasteiger partial charge in [0.15, 0.2) is 0 Å². The molecule has 2 aliphatic rings. The number of halogens is 2. The first-order valence-corrected chi connectivity index (χ1v) is 6.91. The first-order valence-electron chi connectivity index (χ1n) is 6.91. The van der Waals surface area contributed by atoms with Gasteiger partial charge in [0.2, 0.25) is 0 Å². The molecule has 3 heterocycles. The minimum Gasteiger partial charge on any atom is -0.397 e. The molecular weight excluding hydrogens is 311 g/mol. The highest BCUT2D eigenvalue weighted by molar-refractivity contribution is 5.92. The number of fused-ring (bicyclic) bond motifs is 1. The number of anilines is 1. The van der Waals surface area contributed by atoms with Crippen LogP contribution in [0, 0.1) is 0 Å². The summed E-state index contributed by atoms with van der Waals surface area (Å²) in [7, 11) is 0. The van der Waals surface area contributed by atoms with E-state index in [4.69, 9.17) is 5.73 Å². The second-order valence-electron chi connectivity index (χ2n) is 5.57. The van der Waals surface area contributed by atoms with Crippen molar-refractivity contribution < 1.29 is 4.79 Å². The van der Waals surface area contributed by atoms with Crippen molar-refractivity contribution in [1.82, 2.24) is 14.8 Å². The highest BCUT2D eigenvalue weighted by atomic mass is 35.5. The van der Waals surface area contributed by atoms with Crippen molar-refractivity contribution in [3.63, 3.8) is 0 Å². The van der Waals surface area contributed by atoms with Crippen molar-refractivity contribution in [3.05, 3.63) is 24.0 Å². The summed E-state index contributed by atoms with van der Waals surface area (Å²) in [6, 6.07) is 4.23. The summed E-state index contributed by atoms with van der Waals surface area (Å²) in [5.74, 6) is 0.0269. The molecule has 5 nitrogen and oxygen atoms in total. The number of nitrogen functional groups attached to an aromatic ring is 1. The van der Waals surface area contributed by atoms with Crippen LogP contribution in [0.3, 0.4) is 0 Å². The molecule has 2 unspecified atom stereocenters. The Hall–Kier alpha value is -1.04. The molecule has 1 aromatic heterocycles. The van der Waals surface area contributed by atoms with Gasteiger partial charge in [-0.2, -0.15) is 0 Å². The standard InChI is InChI=1S/C14H20N4O.2ClH/c1-10-8-17-6-2-3-12(17)9-18(10)14(19)13-5-4-11(15)7-16-13;;/h4-5,7,10,12H,2-3,6,8-9,15H2,1H3;2*1H. The largest absolute Gasteiger partial charge is 0.397 e. The summed E-state index contributed by atoms with van der Waals surface area (Å²) >= 11 is 0. The monoisotopic (exact) mass is 332 g/mol. The van der Waals surface area contributed by atoms with Gasteiger partial charge in [0, 0.05) is 25.2 Å². The lowest BCUT2D eigenvalue weighted by atomic mass is 10.1. The van der Waals surface area contributed by atoms with Crippen LogP contribution in [0.4, 0.5) is 5.69 Å². The number of amides is 1. The molecule has 0 aromatic carbocycles. The first-order chi connectivity index (χ1) is 9.15. The summed E-state index contributed by atoms with van der Waals surface area (Å²) in [5.41, 5.74) is 6.69. The lowest BCUT2D eigenvalue weighted by Crippen LogP contribution is -2.56. The number of rotatable bonds is 1. The van der Waals surface area contributed by atoms with Crippen LogP contribution in [0.25, 0.3) is 0 Å². The maximum Gasteiger partial charge on any atom is 0.272 e. The molecule has 3 rings (SSSR count). The Balaban J connectivity index is 0.00000110. The number of hydrogen-bond donors (Lipinski definition) is 1. The van der Waals surface area contributed by atoms with Gasteiger partial charge in [-0.05, 0) is 38.4 Å². The average molecular weight is 333 g/mol. The Morgan fingerprint density at radius 3 is 2.76 bits per heavy atom. The molecule has 1 amide bonds. The number of carbonyl (C=O) groups is 1. The molecule has 118 valence electrons. The number of nitrogens with zero attached hydrogens (tertiary/aromatic N) is 3. The minimum atomic E-state index is 0. The van der Waals surface area contributed by atoms with Gasteiger partial charge in [0.1, 0.15) is 5.69 Å². The van der Waals surface area contributed by atoms with Gasteiger partial charge in [-0.15, -0.1) is 24.8 Å². The van der Waals surface area contributed by atoms with Crippen LogP contribution < -0.4 is 5.73 Å². The van der Waals surface area contributed by atoms with Gasteiger partial charge < -0.3 is 10.6 Å². The minimum absolute atomic E-state index is 0. The van der Waals surface area contributed by atoms with Crippen molar-refractivity contribution >= 4 is 36.4 Å². The molecule has 1 aromatic rings. The summed E-state index contributed by atoms with van der Waals surface area (Å²) in [4.78, 5) is 21.1. The van der Waals surface area contributed by atoms with Crippen LogP contribution in [0.15, 0.2) is 18.3 Å². The molecule has 2 fully saturated rings. The van der Waals surface area contributed by atoms with Gasteiger partial charge in [0.25, 0.3) is 5.91 Å². The molecule has 2 aliphatic heterocycles. The molecule has 0 aliphatic carbocycles. The van der Waals surface area contributed by atoms with Crippen molar-refractivity contribution in [2.24, 2.45) is 0 Å². The number of pyridine rings is 1. The zero-order valence-electron chi connectivity index (χ0n) is 12.1. The Morgan fingerprint density at radius 2 is 2.10 bits per heavy atom. The molecule has 0 radical (unpaired) electrons. The predicted molar refractivity (Wildman–Crippen MR) is 88.2 cm³/mol. The third kappa shape index (κ3) is 3.59. The van der Waals surface area contributed by atoms with E-state index in [2.05, 4.69) is 16.8 Å². The highest BCUT2D eigenvalue weighted by Crippen LogP contribution is 2.25. The van der Waals surface area contributed by atoms with Gasteiger partial charge in [0.05, 0.1) is 11.9 Å². The molecule has 0 saturated carbocycles. The van der Waals surface area contributed by atoms with E-state index in [1.54, 1.807) is 18.3 Å². The third-order valence-corrected chi connectivity index (χ3v) is 4.20. The lowest BCUT2D eigenvalue weighted by Gasteiger charge is -2.42.